The zero-order chi connectivity index (χ0) is 26.9. The summed E-state index contributed by atoms with van der Waals surface area (Å²) in [6.07, 6.45) is -3.02. The number of para-hydroxylation sites is 1. The zero-order valence-corrected chi connectivity index (χ0v) is 20.7. The second kappa shape index (κ2) is 10.3. The molecule has 5 rings (SSSR count). The Balaban J connectivity index is 1.39. The smallest absolute Gasteiger partial charge is 0.418 e. The van der Waals surface area contributed by atoms with Crippen LogP contribution < -0.4 is 19.7 Å². The Bertz CT molecular complexity index is 1470. The van der Waals surface area contributed by atoms with E-state index < -0.39 is 23.6 Å². The van der Waals surface area contributed by atoms with Gasteiger partial charge in [-0.1, -0.05) is 47.7 Å². The molecule has 1 N–H and O–H groups in total. The van der Waals surface area contributed by atoms with E-state index in [1.165, 1.54) is 23.1 Å². The fourth-order valence-corrected chi connectivity index (χ4v) is 4.64. The number of alkyl halides is 3. The number of benzene rings is 3. The van der Waals surface area contributed by atoms with E-state index in [0.29, 0.717) is 22.7 Å². The molecule has 7 nitrogen and oxygen atoms in total. The molecular formula is C27H20F3N3O4S. The number of aryl methyl sites for hydroxylation is 1. The average Bonchev–Trinajstić information content (AvgIpc) is 3.47. The largest absolute Gasteiger partial charge is 0.454 e. The van der Waals surface area contributed by atoms with E-state index in [9.17, 15) is 22.8 Å². The molecule has 0 radical (unpaired) electrons. The van der Waals surface area contributed by atoms with Crippen molar-refractivity contribution in [2.24, 2.45) is 4.99 Å². The maximum absolute atomic E-state index is 13.4. The van der Waals surface area contributed by atoms with Crippen LogP contribution in [0.1, 0.15) is 16.7 Å². The lowest BCUT2D eigenvalue weighted by Crippen LogP contribution is -2.31. The van der Waals surface area contributed by atoms with Crippen molar-refractivity contribution in [1.82, 2.24) is 0 Å². The fourth-order valence-electron chi connectivity index (χ4n) is 3.83. The van der Waals surface area contributed by atoms with Crippen LogP contribution in [0.2, 0.25) is 0 Å². The third-order valence-electron chi connectivity index (χ3n) is 5.66. The number of carbonyl (C=O) groups is 2. The molecule has 0 fully saturated rings. The predicted molar refractivity (Wildman–Crippen MR) is 139 cm³/mol. The molecule has 3 aromatic rings. The van der Waals surface area contributed by atoms with Gasteiger partial charge in [-0.25, -0.2) is 4.99 Å². The van der Waals surface area contributed by atoms with E-state index in [4.69, 9.17) is 9.47 Å². The molecule has 0 aliphatic carbocycles. The summed E-state index contributed by atoms with van der Waals surface area (Å²) in [5.41, 5.74) is 1.05. The van der Waals surface area contributed by atoms with Crippen LogP contribution in [-0.4, -0.2) is 29.5 Å². The van der Waals surface area contributed by atoms with Gasteiger partial charge in [-0.05, 0) is 55.0 Å². The van der Waals surface area contributed by atoms with E-state index in [2.05, 4.69) is 10.3 Å². The van der Waals surface area contributed by atoms with E-state index in [0.717, 1.165) is 23.4 Å². The summed E-state index contributed by atoms with van der Waals surface area (Å²) in [5, 5.41) is 2.54. The Morgan fingerprint density at radius 2 is 1.82 bits per heavy atom. The highest BCUT2D eigenvalue weighted by atomic mass is 32.2. The number of nitrogens with zero attached hydrogens (tertiary/aromatic N) is 2. The van der Waals surface area contributed by atoms with Gasteiger partial charge in [0.15, 0.2) is 16.7 Å². The summed E-state index contributed by atoms with van der Waals surface area (Å²) >= 11 is 0.946. The number of amidine groups is 1. The van der Waals surface area contributed by atoms with Crippen molar-refractivity contribution in [3.63, 3.8) is 0 Å². The van der Waals surface area contributed by atoms with Gasteiger partial charge in [-0.3, -0.25) is 14.5 Å². The number of aliphatic imine (C=N–C) groups is 1. The molecule has 0 bridgehead atoms. The number of thioether (sulfide) groups is 1. The molecule has 0 aromatic heterocycles. The molecule has 3 aromatic carbocycles. The summed E-state index contributed by atoms with van der Waals surface area (Å²) in [4.78, 5) is 31.8. The third kappa shape index (κ3) is 5.37. The van der Waals surface area contributed by atoms with Crippen molar-refractivity contribution in [3.8, 4) is 11.5 Å². The van der Waals surface area contributed by atoms with Crippen molar-refractivity contribution in [1.29, 1.82) is 0 Å². The Morgan fingerprint density at radius 1 is 1.08 bits per heavy atom. The quantitative estimate of drug-likeness (QED) is 0.411. The Hall–Kier alpha value is -4.25. The van der Waals surface area contributed by atoms with E-state index in [1.807, 2.05) is 19.1 Å². The third-order valence-corrected chi connectivity index (χ3v) is 6.60. The van der Waals surface area contributed by atoms with Crippen LogP contribution in [0.15, 0.2) is 77.4 Å². The monoisotopic (exact) mass is 539 g/mol. The molecule has 0 spiro atoms. The molecule has 2 aliphatic heterocycles. The van der Waals surface area contributed by atoms with E-state index in [-0.39, 0.29) is 29.1 Å². The number of rotatable bonds is 5. The SMILES string of the molecule is Cc1ccc(N2C(=O)C(=Cc3ccc4c(c3)OCO4)N=C2SCC(=O)Nc2ccccc2C(F)(F)F)cc1. The van der Waals surface area contributed by atoms with Crippen LogP contribution in [0.3, 0.4) is 0 Å². The summed E-state index contributed by atoms with van der Waals surface area (Å²) in [5.74, 6) is -0.188. The van der Waals surface area contributed by atoms with E-state index >= 15 is 0 Å². The van der Waals surface area contributed by atoms with Crippen molar-refractivity contribution >= 4 is 46.2 Å². The van der Waals surface area contributed by atoms with Crippen LogP contribution >= 0.6 is 11.8 Å². The van der Waals surface area contributed by atoms with Gasteiger partial charge in [-0.2, -0.15) is 13.2 Å². The zero-order valence-electron chi connectivity index (χ0n) is 19.9. The second-order valence-electron chi connectivity index (χ2n) is 8.39. The summed E-state index contributed by atoms with van der Waals surface area (Å²) in [6, 6.07) is 17.1. The van der Waals surface area contributed by atoms with Gasteiger partial charge in [0.25, 0.3) is 5.91 Å². The van der Waals surface area contributed by atoms with Crippen molar-refractivity contribution < 1.29 is 32.2 Å². The molecule has 11 heteroatoms. The van der Waals surface area contributed by atoms with Gasteiger partial charge >= 0.3 is 6.18 Å². The van der Waals surface area contributed by atoms with Crippen molar-refractivity contribution in [3.05, 3.63) is 89.1 Å². The van der Waals surface area contributed by atoms with Crippen molar-refractivity contribution in [2.75, 3.05) is 22.8 Å². The molecule has 0 atom stereocenters. The normalized spacial score (nSPS) is 15.7. The molecule has 38 heavy (non-hydrogen) atoms. The molecular weight excluding hydrogens is 519 g/mol. The summed E-state index contributed by atoms with van der Waals surface area (Å²) in [6.45, 7) is 2.03. The van der Waals surface area contributed by atoms with Crippen molar-refractivity contribution in [2.45, 2.75) is 13.1 Å². The minimum absolute atomic E-state index is 0.115. The number of hydrogen-bond acceptors (Lipinski definition) is 6. The van der Waals surface area contributed by atoms with E-state index in [1.54, 1.807) is 36.4 Å². The highest BCUT2D eigenvalue weighted by Crippen LogP contribution is 2.36. The highest BCUT2D eigenvalue weighted by Gasteiger charge is 2.35. The number of ether oxygens (including phenoxy) is 2. The molecule has 2 heterocycles. The number of amides is 2. The first-order valence-corrected chi connectivity index (χ1v) is 12.4. The fraction of sp³-hybridized carbons (Fsp3) is 0.148. The molecule has 0 unspecified atom stereocenters. The topological polar surface area (TPSA) is 80.2 Å². The number of hydrogen-bond donors (Lipinski definition) is 1. The van der Waals surface area contributed by atoms with Gasteiger partial charge < -0.3 is 14.8 Å². The average molecular weight is 540 g/mol. The van der Waals surface area contributed by atoms with Crippen LogP contribution in [0.5, 0.6) is 11.5 Å². The molecule has 0 saturated carbocycles. The molecule has 2 amide bonds. The number of halogens is 3. The lowest BCUT2D eigenvalue weighted by Gasteiger charge is -2.18. The summed E-state index contributed by atoms with van der Waals surface area (Å²) in [7, 11) is 0. The predicted octanol–water partition coefficient (Wildman–Crippen LogP) is 5.86. The first kappa shape index (κ1) is 25.4. The number of carbonyl (C=O) groups excluding carboxylic acids is 2. The van der Waals surface area contributed by atoms with Crippen LogP contribution in [0, 0.1) is 6.92 Å². The van der Waals surface area contributed by atoms with Gasteiger partial charge in [0, 0.05) is 0 Å². The lowest BCUT2D eigenvalue weighted by molar-refractivity contribution is -0.137. The van der Waals surface area contributed by atoms with Crippen LogP contribution in [0.25, 0.3) is 6.08 Å². The molecule has 0 saturated heterocycles. The van der Waals surface area contributed by atoms with Gasteiger partial charge in [0.05, 0.1) is 22.7 Å². The number of anilines is 2. The van der Waals surface area contributed by atoms with Gasteiger partial charge in [-0.15, -0.1) is 0 Å². The standard InChI is InChI=1S/C27H20F3N3O4S/c1-16-6-9-18(10-7-16)33-25(35)21(12-17-8-11-22-23(13-17)37-15-36-22)32-26(33)38-14-24(34)31-20-5-3-2-4-19(20)27(28,29)30/h2-13H,14-15H2,1H3,(H,31,34). The highest BCUT2D eigenvalue weighted by molar-refractivity contribution is 8.14. The first-order valence-electron chi connectivity index (χ1n) is 11.4. The minimum atomic E-state index is -4.62. The molecule has 194 valence electrons. The number of nitrogens with one attached hydrogen (secondary N) is 1. The van der Waals surface area contributed by atoms with Crippen LogP contribution in [0.4, 0.5) is 24.5 Å². The Kier molecular flexibility index (Phi) is 6.85. The Morgan fingerprint density at radius 3 is 2.58 bits per heavy atom. The maximum Gasteiger partial charge on any atom is 0.418 e. The lowest BCUT2D eigenvalue weighted by atomic mass is 10.1. The van der Waals surface area contributed by atoms with Gasteiger partial charge in [0.2, 0.25) is 12.7 Å². The first-order chi connectivity index (χ1) is 18.2. The second-order valence-corrected chi connectivity index (χ2v) is 9.34. The molecule has 2 aliphatic rings. The summed E-state index contributed by atoms with van der Waals surface area (Å²) < 4.78 is 50.6. The van der Waals surface area contributed by atoms with Gasteiger partial charge in [0.1, 0.15) is 5.70 Å². The van der Waals surface area contributed by atoms with Crippen LogP contribution in [-0.2, 0) is 15.8 Å². The maximum atomic E-state index is 13.4. The Labute approximate surface area is 220 Å². The number of fused-ring (bicyclic) bond motifs is 1. The minimum Gasteiger partial charge on any atom is -0.454 e.